The smallest absolute Gasteiger partial charge is 0.129 e. The van der Waals surface area contributed by atoms with Crippen molar-refractivity contribution in [3.63, 3.8) is 0 Å². The first-order valence-corrected chi connectivity index (χ1v) is 7.08. The van der Waals surface area contributed by atoms with Crippen LogP contribution in [-0.2, 0) is 11.5 Å². The van der Waals surface area contributed by atoms with Crippen LogP contribution in [0.5, 0.6) is 0 Å². The monoisotopic (exact) mass is 283 g/mol. The molecule has 88 valence electrons. The minimum absolute atomic E-state index is 0.551. The molecule has 4 heteroatoms. The molecule has 1 aromatic heterocycles. The Balaban J connectivity index is 1.85. The highest BCUT2D eigenvalue weighted by molar-refractivity contribution is 7.97. The predicted molar refractivity (Wildman–Crippen MR) is 75.7 cm³/mol. The molecule has 0 amide bonds. The Kier molecular flexibility index (Phi) is 4.72. The lowest BCUT2D eigenvalue weighted by Crippen LogP contribution is -1.84. The molecule has 0 bridgehead atoms. The minimum atomic E-state index is 0.551. The molecule has 1 aromatic carbocycles. The Morgan fingerprint density at radius 3 is 2.35 bits per heavy atom. The van der Waals surface area contributed by atoms with Crippen molar-refractivity contribution in [3.05, 3.63) is 63.9 Å². The summed E-state index contributed by atoms with van der Waals surface area (Å²) in [5.74, 6) is 1.90. The number of hydrogen-bond donors (Lipinski definition) is 0. The van der Waals surface area contributed by atoms with E-state index < -0.39 is 0 Å². The standard InChI is InChI=1S/C13H11Cl2NS/c14-12-3-1-10(2-4-12)8-17-9-11-5-6-16-13(15)7-11/h1-7H,8-9H2. The molecule has 0 N–H and O–H groups in total. The van der Waals surface area contributed by atoms with Gasteiger partial charge >= 0.3 is 0 Å². The summed E-state index contributed by atoms with van der Waals surface area (Å²) in [6.07, 6.45) is 1.74. The maximum absolute atomic E-state index is 5.83. The number of nitrogens with zero attached hydrogens (tertiary/aromatic N) is 1. The van der Waals surface area contributed by atoms with Gasteiger partial charge in [-0.15, -0.1) is 0 Å². The van der Waals surface area contributed by atoms with E-state index in [2.05, 4.69) is 17.1 Å². The van der Waals surface area contributed by atoms with Crippen molar-refractivity contribution >= 4 is 35.0 Å². The fourth-order valence-corrected chi connectivity index (χ4v) is 2.67. The van der Waals surface area contributed by atoms with Crippen molar-refractivity contribution in [1.82, 2.24) is 4.98 Å². The number of pyridine rings is 1. The van der Waals surface area contributed by atoms with Crippen LogP contribution < -0.4 is 0 Å². The molecule has 1 nitrogen and oxygen atoms in total. The lowest BCUT2D eigenvalue weighted by molar-refractivity contribution is 1.27. The average molecular weight is 284 g/mol. The number of halogens is 2. The maximum atomic E-state index is 5.83. The highest BCUT2D eigenvalue weighted by atomic mass is 35.5. The summed E-state index contributed by atoms with van der Waals surface area (Å²) < 4.78 is 0. The normalized spacial score (nSPS) is 10.5. The van der Waals surface area contributed by atoms with Crippen LogP contribution in [-0.4, -0.2) is 4.98 Å². The van der Waals surface area contributed by atoms with Crippen LogP contribution in [0.1, 0.15) is 11.1 Å². The first-order chi connectivity index (χ1) is 8.24. The van der Waals surface area contributed by atoms with Gasteiger partial charge in [-0.2, -0.15) is 11.8 Å². The summed E-state index contributed by atoms with van der Waals surface area (Å²) in [6, 6.07) is 11.8. The molecule has 0 aliphatic carbocycles. The molecule has 2 aromatic rings. The van der Waals surface area contributed by atoms with Gasteiger partial charge < -0.3 is 0 Å². The SMILES string of the molecule is Clc1ccc(CSCc2ccnc(Cl)c2)cc1. The molecule has 0 aliphatic rings. The zero-order valence-corrected chi connectivity index (χ0v) is 11.4. The van der Waals surface area contributed by atoms with E-state index in [0.717, 1.165) is 16.5 Å². The van der Waals surface area contributed by atoms with Crippen molar-refractivity contribution < 1.29 is 0 Å². The van der Waals surface area contributed by atoms with E-state index in [-0.39, 0.29) is 0 Å². The van der Waals surface area contributed by atoms with Crippen molar-refractivity contribution in [1.29, 1.82) is 0 Å². The molecule has 0 fully saturated rings. The van der Waals surface area contributed by atoms with Gasteiger partial charge in [0, 0.05) is 22.7 Å². The average Bonchev–Trinajstić information content (AvgIpc) is 2.32. The second kappa shape index (κ2) is 6.29. The van der Waals surface area contributed by atoms with E-state index in [1.165, 1.54) is 11.1 Å². The number of aromatic nitrogens is 1. The molecule has 0 unspecified atom stereocenters. The van der Waals surface area contributed by atoms with Gasteiger partial charge in [0.2, 0.25) is 0 Å². The topological polar surface area (TPSA) is 12.9 Å². The van der Waals surface area contributed by atoms with Gasteiger partial charge in [-0.1, -0.05) is 35.3 Å². The lowest BCUT2D eigenvalue weighted by Gasteiger charge is -2.03. The number of hydrogen-bond acceptors (Lipinski definition) is 2. The van der Waals surface area contributed by atoms with Crippen molar-refractivity contribution in [2.24, 2.45) is 0 Å². The second-order valence-electron chi connectivity index (χ2n) is 3.61. The molecular formula is C13H11Cl2NS. The predicted octanol–water partition coefficient (Wildman–Crippen LogP) is 4.82. The number of rotatable bonds is 4. The van der Waals surface area contributed by atoms with Gasteiger partial charge in [0.1, 0.15) is 5.15 Å². The van der Waals surface area contributed by atoms with E-state index in [1.807, 2.05) is 36.0 Å². The number of benzene rings is 1. The lowest BCUT2D eigenvalue weighted by atomic mass is 10.2. The van der Waals surface area contributed by atoms with Crippen LogP contribution in [0.15, 0.2) is 42.6 Å². The van der Waals surface area contributed by atoms with Crippen molar-refractivity contribution in [2.75, 3.05) is 0 Å². The first-order valence-electron chi connectivity index (χ1n) is 5.16. The Morgan fingerprint density at radius 1 is 0.941 bits per heavy atom. The molecular weight excluding hydrogens is 273 g/mol. The summed E-state index contributed by atoms with van der Waals surface area (Å²) in [4.78, 5) is 3.96. The van der Waals surface area contributed by atoms with Crippen LogP contribution in [0.4, 0.5) is 0 Å². The fourth-order valence-electron chi connectivity index (χ4n) is 1.40. The van der Waals surface area contributed by atoms with E-state index in [4.69, 9.17) is 23.2 Å². The highest BCUT2D eigenvalue weighted by Crippen LogP contribution is 2.20. The first kappa shape index (κ1) is 12.7. The molecule has 0 spiro atoms. The molecule has 0 atom stereocenters. The highest BCUT2D eigenvalue weighted by Gasteiger charge is 1.97. The Labute approximate surface area is 115 Å². The van der Waals surface area contributed by atoms with Crippen LogP contribution >= 0.6 is 35.0 Å². The molecule has 0 radical (unpaired) electrons. The van der Waals surface area contributed by atoms with E-state index in [9.17, 15) is 0 Å². The van der Waals surface area contributed by atoms with Crippen LogP contribution in [0.25, 0.3) is 0 Å². The molecule has 0 aliphatic heterocycles. The summed E-state index contributed by atoms with van der Waals surface area (Å²) in [5, 5.41) is 1.33. The van der Waals surface area contributed by atoms with Gasteiger partial charge in [-0.3, -0.25) is 0 Å². The third-order valence-corrected chi connectivity index (χ3v) is 3.78. The third-order valence-electron chi connectivity index (χ3n) is 2.24. The van der Waals surface area contributed by atoms with E-state index in [1.54, 1.807) is 6.20 Å². The molecule has 1 heterocycles. The summed E-state index contributed by atoms with van der Waals surface area (Å²) in [6.45, 7) is 0. The molecule has 0 saturated heterocycles. The van der Waals surface area contributed by atoms with Gasteiger partial charge in [0.25, 0.3) is 0 Å². The summed E-state index contributed by atoms with van der Waals surface area (Å²) >= 11 is 13.5. The zero-order valence-electron chi connectivity index (χ0n) is 9.07. The van der Waals surface area contributed by atoms with Gasteiger partial charge in [-0.05, 0) is 35.4 Å². The third kappa shape index (κ3) is 4.23. The second-order valence-corrected chi connectivity index (χ2v) is 5.42. The van der Waals surface area contributed by atoms with Crippen molar-refractivity contribution in [2.45, 2.75) is 11.5 Å². The zero-order chi connectivity index (χ0) is 12.1. The van der Waals surface area contributed by atoms with E-state index >= 15 is 0 Å². The summed E-state index contributed by atoms with van der Waals surface area (Å²) in [5.41, 5.74) is 2.48. The summed E-state index contributed by atoms with van der Waals surface area (Å²) in [7, 11) is 0. The quantitative estimate of drug-likeness (QED) is 0.746. The number of thioether (sulfide) groups is 1. The van der Waals surface area contributed by atoms with Crippen LogP contribution in [0.2, 0.25) is 10.2 Å². The van der Waals surface area contributed by atoms with Gasteiger partial charge in [-0.25, -0.2) is 4.98 Å². The Hall–Kier alpha value is -0.700. The molecule has 0 saturated carbocycles. The van der Waals surface area contributed by atoms with E-state index in [0.29, 0.717) is 5.15 Å². The molecule has 2 rings (SSSR count). The van der Waals surface area contributed by atoms with Crippen LogP contribution in [0.3, 0.4) is 0 Å². The van der Waals surface area contributed by atoms with Crippen molar-refractivity contribution in [3.8, 4) is 0 Å². The van der Waals surface area contributed by atoms with Gasteiger partial charge in [0.15, 0.2) is 0 Å². The van der Waals surface area contributed by atoms with Crippen LogP contribution in [0, 0.1) is 0 Å². The van der Waals surface area contributed by atoms with Gasteiger partial charge in [0.05, 0.1) is 0 Å². The molecule has 17 heavy (non-hydrogen) atoms. The largest absolute Gasteiger partial charge is 0.245 e. The Morgan fingerprint density at radius 2 is 1.65 bits per heavy atom. The fraction of sp³-hybridized carbons (Fsp3) is 0.154. The Bertz CT molecular complexity index is 485. The maximum Gasteiger partial charge on any atom is 0.129 e. The minimum Gasteiger partial charge on any atom is -0.245 e.